The zero-order chi connectivity index (χ0) is 11.1. The third-order valence-electron chi connectivity index (χ3n) is 1.98. The number of para-hydroxylation sites is 1. The van der Waals surface area contributed by atoms with Gasteiger partial charge in [0.25, 0.3) is 0 Å². The van der Waals surface area contributed by atoms with E-state index in [1.807, 2.05) is 50.7 Å². The molecule has 3 nitrogen and oxygen atoms in total. The first-order valence-corrected chi connectivity index (χ1v) is 7.63. The molecule has 0 amide bonds. The van der Waals surface area contributed by atoms with Gasteiger partial charge in [0.2, 0.25) is 0 Å². The summed E-state index contributed by atoms with van der Waals surface area (Å²) >= 11 is 0. The second kappa shape index (κ2) is 5.90. The maximum atomic E-state index is 5.68. The van der Waals surface area contributed by atoms with E-state index in [1.165, 1.54) is 0 Å². The van der Waals surface area contributed by atoms with Crippen LogP contribution >= 0.6 is 0 Å². The molecular formula is C11H19NO2Si. The molecule has 0 aliphatic heterocycles. The van der Waals surface area contributed by atoms with E-state index in [1.54, 1.807) is 0 Å². The Morgan fingerprint density at radius 3 is 2.07 bits per heavy atom. The summed E-state index contributed by atoms with van der Waals surface area (Å²) in [7, 11) is -2.24. The number of rotatable bonds is 6. The Bertz CT molecular complexity index is 273. The van der Waals surface area contributed by atoms with Crippen molar-refractivity contribution in [1.29, 1.82) is 0 Å². The van der Waals surface area contributed by atoms with Crippen molar-refractivity contribution in [2.24, 2.45) is 0 Å². The minimum atomic E-state index is -2.24. The molecule has 0 fully saturated rings. The third-order valence-corrected chi connectivity index (χ3v) is 4.41. The molecule has 0 saturated carbocycles. The molecule has 0 atom stereocenters. The highest BCUT2D eigenvalue weighted by molar-refractivity contribution is 6.69. The lowest BCUT2D eigenvalue weighted by atomic mass is 10.3. The van der Waals surface area contributed by atoms with Gasteiger partial charge in [-0.1, -0.05) is 18.2 Å². The predicted molar refractivity (Wildman–Crippen MR) is 64.9 cm³/mol. The molecule has 1 aromatic carbocycles. The van der Waals surface area contributed by atoms with Crippen molar-refractivity contribution in [1.82, 2.24) is 0 Å². The molecule has 0 heterocycles. The van der Waals surface area contributed by atoms with Crippen LogP contribution in [0.4, 0.5) is 5.69 Å². The Morgan fingerprint density at radius 1 is 1.07 bits per heavy atom. The number of hydrogen-bond donors (Lipinski definition) is 1. The summed E-state index contributed by atoms with van der Waals surface area (Å²) in [6, 6.07) is 10.0. The van der Waals surface area contributed by atoms with Gasteiger partial charge in [-0.05, 0) is 32.5 Å². The largest absolute Gasteiger partial charge is 0.453 e. The van der Waals surface area contributed by atoms with Gasteiger partial charge in [0.1, 0.15) is 0 Å². The van der Waals surface area contributed by atoms with E-state index in [0.717, 1.165) is 5.69 Å². The van der Waals surface area contributed by atoms with Gasteiger partial charge in [0.05, 0.1) is 0 Å². The SMILES string of the molecule is CCO[Si](C)(Nc1ccccc1)OCC. The van der Waals surface area contributed by atoms with E-state index < -0.39 is 8.72 Å². The molecule has 1 N–H and O–H groups in total. The van der Waals surface area contributed by atoms with Crippen molar-refractivity contribution in [2.75, 3.05) is 18.2 Å². The monoisotopic (exact) mass is 225 g/mol. The van der Waals surface area contributed by atoms with Gasteiger partial charge in [-0.15, -0.1) is 0 Å². The average Bonchev–Trinajstić information content (AvgIpc) is 2.19. The first-order valence-electron chi connectivity index (χ1n) is 5.31. The van der Waals surface area contributed by atoms with Gasteiger partial charge in [-0.25, -0.2) is 0 Å². The molecular weight excluding hydrogens is 206 g/mol. The van der Waals surface area contributed by atoms with E-state index in [2.05, 4.69) is 4.98 Å². The molecule has 0 unspecified atom stereocenters. The fraction of sp³-hybridized carbons (Fsp3) is 0.455. The Labute approximate surface area is 92.7 Å². The van der Waals surface area contributed by atoms with Gasteiger partial charge in [-0.3, -0.25) is 0 Å². The highest BCUT2D eigenvalue weighted by atomic mass is 28.4. The van der Waals surface area contributed by atoms with E-state index in [4.69, 9.17) is 8.85 Å². The van der Waals surface area contributed by atoms with Gasteiger partial charge in [-0.2, -0.15) is 0 Å². The summed E-state index contributed by atoms with van der Waals surface area (Å²) in [6.07, 6.45) is 0. The molecule has 1 rings (SSSR count). The van der Waals surface area contributed by atoms with E-state index in [-0.39, 0.29) is 0 Å². The van der Waals surface area contributed by atoms with Crippen LogP contribution in [0.15, 0.2) is 30.3 Å². The lowest BCUT2D eigenvalue weighted by Gasteiger charge is -2.27. The smallest absolute Gasteiger partial charge is 0.379 e. The van der Waals surface area contributed by atoms with Gasteiger partial charge in [0.15, 0.2) is 0 Å². The Hall–Kier alpha value is -0.843. The molecule has 15 heavy (non-hydrogen) atoms. The number of anilines is 1. The van der Waals surface area contributed by atoms with E-state index in [0.29, 0.717) is 13.2 Å². The Morgan fingerprint density at radius 2 is 1.60 bits per heavy atom. The van der Waals surface area contributed by atoms with Crippen molar-refractivity contribution >= 4 is 14.4 Å². The van der Waals surface area contributed by atoms with Crippen LogP contribution in [0.5, 0.6) is 0 Å². The van der Waals surface area contributed by atoms with Crippen molar-refractivity contribution in [3.05, 3.63) is 30.3 Å². The Balaban J connectivity index is 2.66. The second-order valence-electron chi connectivity index (χ2n) is 3.30. The normalized spacial score (nSPS) is 11.4. The fourth-order valence-electron chi connectivity index (χ4n) is 1.45. The molecule has 0 bridgehead atoms. The third kappa shape index (κ3) is 4.03. The Kier molecular flexibility index (Phi) is 4.81. The highest BCUT2D eigenvalue weighted by Gasteiger charge is 2.31. The van der Waals surface area contributed by atoms with Gasteiger partial charge < -0.3 is 13.8 Å². The lowest BCUT2D eigenvalue weighted by Crippen LogP contribution is -2.47. The maximum Gasteiger partial charge on any atom is 0.453 e. The molecule has 1 aromatic rings. The molecule has 0 aliphatic rings. The molecule has 0 spiro atoms. The molecule has 0 aliphatic carbocycles. The average molecular weight is 225 g/mol. The summed E-state index contributed by atoms with van der Waals surface area (Å²) in [6.45, 7) is 7.33. The predicted octanol–water partition coefficient (Wildman–Crippen LogP) is 2.74. The van der Waals surface area contributed by atoms with E-state index in [9.17, 15) is 0 Å². The first-order chi connectivity index (χ1) is 7.20. The summed E-state index contributed by atoms with van der Waals surface area (Å²) in [5, 5.41) is 0. The van der Waals surface area contributed by atoms with Gasteiger partial charge in [0, 0.05) is 18.9 Å². The molecule has 4 heteroatoms. The van der Waals surface area contributed by atoms with Crippen molar-refractivity contribution < 1.29 is 8.85 Å². The lowest BCUT2D eigenvalue weighted by molar-refractivity contribution is 0.196. The quantitative estimate of drug-likeness (QED) is 0.755. The summed E-state index contributed by atoms with van der Waals surface area (Å²) in [5.74, 6) is 0. The molecule has 0 saturated heterocycles. The number of hydrogen-bond acceptors (Lipinski definition) is 3. The standard InChI is InChI=1S/C11H19NO2Si/c1-4-13-15(3,14-5-2)12-11-9-7-6-8-10-11/h6-10,12H,4-5H2,1-3H3. The topological polar surface area (TPSA) is 30.5 Å². The molecule has 0 aromatic heterocycles. The summed E-state index contributed by atoms with van der Waals surface area (Å²) in [5.41, 5.74) is 1.05. The minimum absolute atomic E-state index is 0.669. The molecule has 0 radical (unpaired) electrons. The maximum absolute atomic E-state index is 5.68. The van der Waals surface area contributed by atoms with Gasteiger partial charge >= 0.3 is 8.72 Å². The first kappa shape index (κ1) is 12.2. The molecule has 84 valence electrons. The van der Waals surface area contributed by atoms with Crippen LogP contribution in [0.1, 0.15) is 13.8 Å². The number of nitrogens with one attached hydrogen (secondary N) is 1. The minimum Gasteiger partial charge on any atom is -0.379 e. The van der Waals surface area contributed by atoms with E-state index >= 15 is 0 Å². The highest BCUT2D eigenvalue weighted by Crippen LogP contribution is 2.13. The summed E-state index contributed by atoms with van der Waals surface area (Å²) < 4.78 is 11.4. The van der Waals surface area contributed by atoms with Crippen LogP contribution in [0.25, 0.3) is 0 Å². The number of benzene rings is 1. The fourth-order valence-corrected chi connectivity index (χ4v) is 3.47. The van der Waals surface area contributed by atoms with Crippen LogP contribution in [0.2, 0.25) is 6.55 Å². The van der Waals surface area contributed by atoms with Crippen molar-refractivity contribution in [3.8, 4) is 0 Å². The van der Waals surface area contributed by atoms with Crippen LogP contribution in [0, 0.1) is 0 Å². The van der Waals surface area contributed by atoms with Crippen molar-refractivity contribution in [2.45, 2.75) is 20.4 Å². The van der Waals surface area contributed by atoms with Crippen LogP contribution < -0.4 is 4.98 Å². The second-order valence-corrected chi connectivity index (χ2v) is 6.02. The van der Waals surface area contributed by atoms with Crippen LogP contribution in [-0.2, 0) is 8.85 Å². The zero-order valence-corrected chi connectivity index (χ0v) is 10.6. The zero-order valence-electron chi connectivity index (χ0n) is 9.62. The van der Waals surface area contributed by atoms with Crippen LogP contribution in [0.3, 0.4) is 0 Å². The summed E-state index contributed by atoms with van der Waals surface area (Å²) in [4.78, 5) is 3.35. The van der Waals surface area contributed by atoms with Crippen molar-refractivity contribution in [3.63, 3.8) is 0 Å². The van der Waals surface area contributed by atoms with Crippen LogP contribution in [-0.4, -0.2) is 21.9 Å².